The second-order valence-electron chi connectivity index (χ2n) is 6.26. The molecule has 1 heterocycles. The third kappa shape index (κ3) is 3.20. The first kappa shape index (κ1) is 14.0. The van der Waals surface area contributed by atoms with Gasteiger partial charge in [0.15, 0.2) is 5.17 Å². The summed E-state index contributed by atoms with van der Waals surface area (Å²) in [5.74, 6) is 2.63. The molecule has 1 aliphatic carbocycles. The molecule has 1 N–H and O–H groups in total. The third-order valence-electron chi connectivity index (χ3n) is 4.39. The van der Waals surface area contributed by atoms with Crippen molar-refractivity contribution in [2.75, 3.05) is 11.1 Å². The van der Waals surface area contributed by atoms with Crippen molar-refractivity contribution in [1.82, 2.24) is 0 Å². The van der Waals surface area contributed by atoms with Crippen LogP contribution in [-0.2, 0) is 0 Å². The van der Waals surface area contributed by atoms with Gasteiger partial charge in [0.05, 0.1) is 6.04 Å². The normalized spacial score (nSPS) is 26.1. The zero-order chi connectivity index (χ0) is 13.9. The van der Waals surface area contributed by atoms with Crippen LogP contribution in [0.5, 0.6) is 0 Å². The van der Waals surface area contributed by atoms with Crippen molar-refractivity contribution < 1.29 is 0 Å². The fraction of sp³-hybridized carbons (Fsp3) is 0.588. The Labute approximate surface area is 126 Å². The first-order valence-electron chi connectivity index (χ1n) is 7.80. The van der Waals surface area contributed by atoms with Gasteiger partial charge in [-0.2, -0.15) is 0 Å². The van der Waals surface area contributed by atoms with E-state index < -0.39 is 0 Å². The molecule has 0 aromatic heterocycles. The minimum atomic E-state index is 0.570. The Bertz CT molecular complexity index is 496. The predicted molar refractivity (Wildman–Crippen MR) is 89.8 cm³/mol. The van der Waals surface area contributed by atoms with E-state index >= 15 is 0 Å². The van der Waals surface area contributed by atoms with E-state index in [4.69, 9.17) is 4.99 Å². The van der Waals surface area contributed by atoms with Gasteiger partial charge in [0.2, 0.25) is 0 Å². The molecule has 3 heteroatoms. The number of amidine groups is 1. The lowest BCUT2D eigenvalue weighted by molar-refractivity contribution is 0.336. The van der Waals surface area contributed by atoms with Crippen LogP contribution in [0, 0.1) is 5.92 Å². The summed E-state index contributed by atoms with van der Waals surface area (Å²) in [6, 6.07) is 9.29. The molecule has 1 aliphatic heterocycles. The van der Waals surface area contributed by atoms with E-state index in [0.29, 0.717) is 12.0 Å². The quantitative estimate of drug-likeness (QED) is 0.838. The van der Waals surface area contributed by atoms with Gasteiger partial charge in [-0.05, 0) is 42.4 Å². The van der Waals surface area contributed by atoms with Crippen LogP contribution in [0.15, 0.2) is 29.3 Å². The highest BCUT2D eigenvalue weighted by atomic mass is 32.2. The number of benzene rings is 1. The zero-order valence-corrected chi connectivity index (χ0v) is 13.2. The minimum Gasteiger partial charge on any atom is -0.335 e. The van der Waals surface area contributed by atoms with Crippen molar-refractivity contribution in [2.45, 2.75) is 51.5 Å². The van der Waals surface area contributed by atoms with Crippen LogP contribution in [0.3, 0.4) is 0 Å². The molecule has 20 heavy (non-hydrogen) atoms. The van der Waals surface area contributed by atoms with Gasteiger partial charge in [0, 0.05) is 11.4 Å². The molecule has 0 radical (unpaired) electrons. The molecule has 2 aliphatic rings. The summed E-state index contributed by atoms with van der Waals surface area (Å²) < 4.78 is 0. The molecule has 1 aromatic carbocycles. The molecule has 2 atom stereocenters. The van der Waals surface area contributed by atoms with E-state index in [1.54, 1.807) is 0 Å². The minimum absolute atomic E-state index is 0.570. The zero-order valence-electron chi connectivity index (χ0n) is 12.4. The molecule has 3 rings (SSSR count). The second-order valence-corrected chi connectivity index (χ2v) is 7.27. The lowest BCUT2D eigenvalue weighted by Crippen LogP contribution is -2.31. The largest absolute Gasteiger partial charge is 0.335 e. The van der Waals surface area contributed by atoms with Crippen LogP contribution in [0.25, 0.3) is 0 Å². The van der Waals surface area contributed by atoms with E-state index in [2.05, 4.69) is 43.4 Å². The average Bonchev–Trinajstić information content (AvgIpc) is 2.47. The first-order chi connectivity index (χ1) is 9.72. The van der Waals surface area contributed by atoms with Gasteiger partial charge < -0.3 is 5.32 Å². The molecule has 108 valence electrons. The summed E-state index contributed by atoms with van der Waals surface area (Å²) in [5.41, 5.74) is 2.56. The van der Waals surface area contributed by atoms with E-state index in [1.807, 2.05) is 11.8 Å². The number of hydrogen-bond acceptors (Lipinski definition) is 3. The van der Waals surface area contributed by atoms with Crippen molar-refractivity contribution in [3.05, 3.63) is 29.8 Å². The lowest BCUT2D eigenvalue weighted by Gasteiger charge is -2.32. The molecule has 1 fully saturated rings. The lowest BCUT2D eigenvalue weighted by atomic mass is 9.86. The summed E-state index contributed by atoms with van der Waals surface area (Å²) >= 11 is 1.90. The van der Waals surface area contributed by atoms with Crippen LogP contribution in [0.4, 0.5) is 5.69 Å². The van der Waals surface area contributed by atoms with Crippen LogP contribution >= 0.6 is 11.8 Å². The highest BCUT2D eigenvalue weighted by molar-refractivity contribution is 8.14. The van der Waals surface area contributed by atoms with Crippen molar-refractivity contribution in [3.63, 3.8) is 0 Å². The number of rotatable bonds is 2. The molecule has 1 aromatic rings. The number of nitrogens with zero attached hydrogens (tertiary/aromatic N) is 1. The van der Waals surface area contributed by atoms with E-state index in [9.17, 15) is 0 Å². The second kappa shape index (κ2) is 6.21. The van der Waals surface area contributed by atoms with Gasteiger partial charge in [0.1, 0.15) is 0 Å². The van der Waals surface area contributed by atoms with Gasteiger partial charge in [-0.25, -0.2) is 0 Å². The molecule has 2 nitrogen and oxygen atoms in total. The van der Waals surface area contributed by atoms with Crippen LogP contribution in [0.1, 0.15) is 51.0 Å². The molecule has 0 bridgehead atoms. The topological polar surface area (TPSA) is 24.4 Å². The van der Waals surface area contributed by atoms with E-state index in [1.165, 1.54) is 42.7 Å². The first-order valence-corrected chi connectivity index (χ1v) is 8.78. The summed E-state index contributed by atoms with van der Waals surface area (Å²) in [6.45, 7) is 4.47. The maximum atomic E-state index is 4.94. The fourth-order valence-electron chi connectivity index (χ4n) is 3.09. The van der Waals surface area contributed by atoms with E-state index in [-0.39, 0.29) is 0 Å². The molecule has 0 saturated heterocycles. The Morgan fingerprint density at radius 3 is 2.95 bits per heavy atom. The van der Waals surface area contributed by atoms with Crippen molar-refractivity contribution in [1.29, 1.82) is 0 Å². The van der Waals surface area contributed by atoms with Crippen LogP contribution in [-0.4, -0.2) is 17.0 Å². The smallest absolute Gasteiger partial charge is 0.161 e. The Morgan fingerprint density at radius 1 is 1.25 bits per heavy atom. The fourth-order valence-corrected chi connectivity index (χ4v) is 4.25. The summed E-state index contributed by atoms with van der Waals surface area (Å²) in [4.78, 5) is 4.94. The van der Waals surface area contributed by atoms with Crippen molar-refractivity contribution in [2.24, 2.45) is 10.9 Å². The molecule has 1 saturated carbocycles. The Balaban J connectivity index is 1.71. The third-order valence-corrected chi connectivity index (χ3v) is 5.47. The highest BCUT2D eigenvalue weighted by Gasteiger charge is 2.29. The molecule has 0 spiro atoms. The number of anilines is 1. The Morgan fingerprint density at radius 2 is 2.10 bits per heavy atom. The SMILES string of the molecule is CC(C)c1cccc(NC2=NC3CCCCC3CS2)c1. The molecule has 0 amide bonds. The van der Waals surface area contributed by atoms with Gasteiger partial charge >= 0.3 is 0 Å². The van der Waals surface area contributed by atoms with Crippen LogP contribution < -0.4 is 5.32 Å². The summed E-state index contributed by atoms with van der Waals surface area (Å²) in [7, 11) is 0. The van der Waals surface area contributed by atoms with Gasteiger partial charge in [-0.3, -0.25) is 4.99 Å². The van der Waals surface area contributed by atoms with Crippen molar-refractivity contribution >= 4 is 22.6 Å². The Hall–Kier alpha value is -0.960. The van der Waals surface area contributed by atoms with Gasteiger partial charge in [-0.15, -0.1) is 0 Å². The summed E-state index contributed by atoms with van der Waals surface area (Å²) in [5, 5.41) is 4.64. The standard InChI is InChI=1S/C17H24N2S/c1-12(2)13-7-5-8-15(10-13)18-17-19-16-9-4-3-6-14(16)11-20-17/h5,7-8,10,12,14,16H,3-4,6,9,11H2,1-2H3,(H,18,19). The highest BCUT2D eigenvalue weighted by Crippen LogP contribution is 2.34. The van der Waals surface area contributed by atoms with Crippen molar-refractivity contribution in [3.8, 4) is 0 Å². The number of hydrogen-bond donors (Lipinski definition) is 1. The monoisotopic (exact) mass is 288 g/mol. The van der Waals surface area contributed by atoms with Gasteiger partial charge in [-0.1, -0.05) is 50.6 Å². The van der Waals surface area contributed by atoms with E-state index in [0.717, 1.165) is 11.1 Å². The summed E-state index contributed by atoms with van der Waals surface area (Å²) in [6.07, 6.45) is 5.40. The molecule has 2 unspecified atom stereocenters. The predicted octanol–water partition coefficient (Wildman–Crippen LogP) is 4.88. The number of fused-ring (bicyclic) bond motifs is 1. The van der Waals surface area contributed by atoms with Gasteiger partial charge in [0.25, 0.3) is 0 Å². The number of nitrogens with one attached hydrogen (secondary N) is 1. The Kier molecular flexibility index (Phi) is 4.35. The number of thioether (sulfide) groups is 1. The number of aliphatic imine (C=N–C) groups is 1. The average molecular weight is 288 g/mol. The molecular formula is C17H24N2S. The van der Waals surface area contributed by atoms with Crippen LogP contribution in [0.2, 0.25) is 0 Å². The molecular weight excluding hydrogens is 264 g/mol. The maximum Gasteiger partial charge on any atom is 0.161 e. The maximum absolute atomic E-state index is 4.94.